The van der Waals surface area contributed by atoms with Gasteiger partial charge >= 0.3 is 0 Å². The Morgan fingerprint density at radius 1 is 1.47 bits per heavy atom. The molecule has 1 fully saturated rings. The zero-order valence-electron chi connectivity index (χ0n) is 9.65. The quantitative estimate of drug-likeness (QED) is 0.844. The molecule has 1 aromatic rings. The molecular formula is C13H15ClO3. The molecule has 0 spiro atoms. The van der Waals surface area contributed by atoms with Crippen molar-refractivity contribution in [2.75, 3.05) is 0 Å². The van der Waals surface area contributed by atoms with E-state index >= 15 is 0 Å². The summed E-state index contributed by atoms with van der Waals surface area (Å²) in [7, 11) is 0. The summed E-state index contributed by atoms with van der Waals surface area (Å²) < 4.78 is 5.66. The summed E-state index contributed by atoms with van der Waals surface area (Å²) in [5.41, 5.74) is 0.564. The highest BCUT2D eigenvalue weighted by Crippen LogP contribution is 2.30. The molecule has 3 nitrogen and oxygen atoms in total. The summed E-state index contributed by atoms with van der Waals surface area (Å²) in [4.78, 5) is 11.2. The van der Waals surface area contributed by atoms with Crippen LogP contribution in [0.1, 0.15) is 36.5 Å². The molecule has 0 radical (unpaired) electrons. The van der Waals surface area contributed by atoms with E-state index in [1.165, 1.54) is 6.92 Å². The fourth-order valence-corrected chi connectivity index (χ4v) is 2.25. The number of hydrogen-bond acceptors (Lipinski definition) is 3. The highest BCUT2D eigenvalue weighted by atomic mass is 35.5. The SMILES string of the molecule is CC(=O)c1ccc(OC2CCCC2O)c(Cl)c1. The number of halogens is 1. The Labute approximate surface area is 105 Å². The summed E-state index contributed by atoms with van der Waals surface area (Å²) in [6.07, 6.45) is 1.98. The molecule has 1 N–H and O–H groups in total. The van der Waals surface area contributed by atoms with E-state index in [0.29, 0.717) is 16.3 Å². The van der Waals surface area contributed by atoms with Gasteiger partial charge in [0.2, 0.25) is 0 Å². The molecule has 2 unspecified atom stereocenters. The normalized spacial score (nSPS) is 23.7. The van der Waals surface area contributed by atoms with E-state index in [1.807, 2.05) is 0 Å². The first-order chi connectivity index (χ1) is 8.08. The fourth-order valence-electron chi connectivity index (χ4n) is 2.02. The van der Waals surface area contributed by atoms with Crippen molar-refractivity contribution in [2.24, 2.45) is 0 Å². The Bertz CT molecular complexity index is 431. The van der Waals surface area contributed by atoms with Gasteiger partial charge in [0.05, 0.1) is 11.1 Å². The number of carbonyl (C=O) groups is 1. The van der Waals surface area contributed by atoms with Crippen LogP contribution in [0.25, 0.3) is 0 Å². The molecule has 0 bridgehead atoms. The maximum atomic E-state index is 11.2. The number of benzene rings is 1. The van der Waals surface area contributed by atoms with Crippen LogP contribution in [0.2, 0.25) is 5.02 Å². The molecule has 4 heteroatoms. The maximum absolute atomic E-state index is 11.2. The van der Waals surface area contributed by atoms with Gasteiger partial charge in [-0.2, -0.15) is 0 Å². The van der Waals surface area contributed by atoms with E-state index in [-0.39, 0.29) is 11.9 Å². The number of carbonyl (C=O) groups excluding carboxylic acids is 1. The average molecular weight is 255 g/mol. The van der Waals surface area contributed by atoms with Crippen molar-refractivity contribution in [1.82, 2.24) is 0 Å². The van der Waals surface area contributed by atoms with Crippen LogP contribution in [0.15, 0.2) is 18.2 Å². The molecule has 0 aromatic heterocycles. The molecule has 0 saturated heterocycles. The Kier molecular flexibility index (Phi) is 3.69. The van der Waals surface area contributed by atoms with Gasteiger partial charge in [0.1, 0.15) is 11.9 Å². The first kappa shape index (κ1) is 12.4. The van der Waals surface area contributed by atoms with Crippen molar-refractivity contribution in [3.8, 4) is 5.75 Å². The third kappa shape index (κ3) is 2.79. The summed E-state index contributed by atoms with van der Waals surface area (Å²) in [5, 5.41) is 10.1. The lowest BCUT2D eigenvalue weighted by atomic mass is 10.1. The zero-order chi connectivity index (χ0) is 12.4. The van der Waals surface area contributed by atoms with Crippen LogP contribution in [-0.2, 0) is 0 Å². The second-order valence-corrected chi connectivity index (χ2v) is 4.76. The van der Waals surface area contributed by atoms with Gasteiger partial charge in [-0.25, -0.2) is 0 Å². The highest BCUT2D eigenvalue weighted by Gasteiger charge is 2.27. The lowest BCUT2D eigenvalue weighted by Gasteiger charge is -2.18. The number of ether oxygens (including phenoxy) is 1. The molecule has 17 heavy (non-hydrogen) atoms. The van der Waals surface area contributed by atoms with E-state index in [0.717, 1.165) is 19.3 Å². The standard InChI is InChI=1S/C13H15ClO3/c1-8(15)9-5-6-12(10(14)7-9)17-13-4-2-3-11(13)16/h5-7,11,13,16H,2-4H2,1H3. The molecular weight excluding hydrogens is 240 g/mol. The third-order valence-electron chi connectivity index (χ3n) is 3.03. The summed E-state index contributed by atoms with van der Waals surface area (Å²) in [6.45, 7) is 1.49. The van der Waals surface area contributed by atoms with Crippen molar-refractivity contribution >= 4 is 17.4 Å². The van der Waals surface area contributed by atoms with Gasteiger partial charge in [-0.05, 0) is 44.4 Å². The highest BCUT2D eigenvalue weighted by molar-refractivity contribution is 6.32. The van der Waals surface area contributed by atoms with E-state index in [9.17, 15) is 9.90 Å². The lowest BCUT2D eigenvalue weighted by molar-refractivity contribution is 0.0604. The van der Waals surface area contributed by atoms with Crippen LogP contribution in [0.5, 0.6) is 5.75 Å². The molecule has 1 aliphatic carbocycles. The van der Waals surface area contributed by atoms with Crippen LogP contribution in [0, 0.1) is 0 Å². The number of hydrogen-bond donors (Lipinski definition) is 1. The molecule has 2 atom stereocenters. The van der Waals surface area contributed by atoms with Crippen LogP contribution in [-0.4, -0.2) is 23.1 Å². The number of aliphatic hydroxyl groups is 1. The molecule has 92 valence electrons. The average Bonchev–Trinajstić information content (AvgIpc) is 2.67. The Morgan fingerprint density at radius 3 is 2.76 bits per heavy atom. The van der Waals surface area contributed by atoms with Crippen LogP contribution >= 0.6 is 11.6 Å². The smallest absolute Gasteiger partial charge is 0.159 e. The number of aliphatic hydroxyl groups excluding tert-OH is 1. The van der Waals surface area contributed by atoms with Gasteiger partial charge in [0.15, 0.2) is 5.78 Å². The van der Waals surface area contributed by atoms with E-state index in [1.54, 1.807) is 18.2 Å². The van der Waals surface area contributed by atoms with Crippen molar-refractivity contribution in [1.29, 1.82) is 0 Å². The third-order valence-corrected chi connectivity index (χ3v) is 3.33. The number of Topliss-reactive ketones (excluding diaryl/α,β-unsaturated/α-hetero) is 1. The number of ketones is 1. The predicted octanol–water partition coefficient (Wildman–Crippen LogP) is 2.83. The van der Waals surface area contributed by atoms with Gasteiger partial charge in [-0.15, -0.1) is 0 Å². The van der Waals surface area contributed by atoms with Gasteiger partial charge in [0, 0.05) is 5.56 Å². The van der Waals surface area contributed by atoms with E-state index in [4.69, 9.17) is 16.3 Å². The second-order valence-electron chi connectivity index (χ2n) is 4.36. The summed E-state index contributed by atoms with van der Waals surface area (Å²) in [6, 6.07) is 4.97. The van der Waals surface area contributed by atoms with Crippen molar-refractivity contribution in [3.63, 3.8) is 0 Å². The first-order valence-corrected chi connectivity index (χ1v) is 6.11. The minimum Gasteiger partial charge on any atom is -0.486 e. The summed E-state index contributed by atoms with van der Waals surface area (Å²) in [5.74, 6) is 0.502. The van der Waals surface area contributed by atoms with Gasteiger partial charge in [-0.3, -0.25) is 4.79 Å². The van der Waals surface area contributed by atoms with Crippen molar-refractivity contribution in [3.05, 3.63) is 28.8 Å². The van der Waals surface area contributed by atoms with Crippen LogP contribution < -0.4 is 4.74 Å². The molecule has 1 aromatic carbocycles. The van der Waals surface area contributed by atoms with Crippen LogP contribution in [0.3, 0.4) is 0 Å². The topological polar surface area (TPSA) is 46.5 Å². The molecule has 0 amide bonds. The van der Waals surface area contributed by atoms with Gasteiger partial charge < -0.3 is 9.84 Å². The molecule has 2 rings (SSSR count). The minimum absolute atomic E-state index is 0.0284. The largest absolute Gasteiger partial charge is 0.486 e. The molecule has 0 heterocycles. The maximum Gasteiger partial charge on any atom is 0.159 e. The fraction of sp³-hybridized carbons (Fsp3) is 0.462. The minimum atomic E-state index is -0.418. The molecule has 0 aliphatic heterocycles. The van der Waals surface area contributed by atoms with Gasteiger partial charge in [-0.1, -0.05) is 11.6 Å². The second kappa shape index (κ2) is 5.07. The predicted molar refractivity (Wildman–Crippen MR) is 65.7 cm³/mol. The van der Waals surface area contributed by atoms with Gasteiger partial charge in [0.25, 0.3) is 0 Å². The van der Waals surface area contributed by atoms with E-state index < -0.39 is 6.10 Å². The van der Waals surface area contributed by atoms with Crippen molar-refractivity contribution in [2.45, 2.75) is 38.4 Å². The lowest BCUT2D eigenvalue weighted by Crippen LogP contribution is -2.25. The first-order valence-electron chi connectivity index (χ1n) is 5.73. The van der Waals surface area contributed by atoms with E-state index in [2.05, 4.69) is 0 Å². The molecule has 1 saturated carbocycles. The molecule has 1 aliphatic rings. The monoisotopic (exact) mass is 254 g/mol. The van der Waals surface area contributed by atoms with Crippen LogP contribution in [0.4, 0.5) is 0 Å². The zero-order valence-corrected chi connectivity index (χ0v) is 10.4. The van der Waals surface area contributed by atoms with Crippen molar-refractivity contribution < 1.29 is 14.6 Å². The number of rotatable bonds is 3. The Morgan fingerprint density at radius 2 is 2.24 bits per heavy atom. The Hall–Kier alpha value is -1.06. The summed E-state index contributed by atoms with van der Waals surface area (Å²) >= 11 is 6.04. The Balaban J connectivity index is 2.14.